The first kappa shape index (κ1) is 25.4. The Labute approximate surface area is 148 Å². The van der Waals surface area contributed by atoms with Crippen molar-refractivity contribution in [1.29, 1.82) is 0 Å². The lowest BCUT2D eigenvalue weighted by atomic mass is 10.0. The predicted octanol–water partition coefficient (Wildman–Crippen LogP) is 5.05. The molecule has 0 atom stereocenters. The number of unbranched alkanes of at least 4 members (excludes halogenated alkanes) is 14. The quantitative estimate of drug-likeness (QED) is 0.143. The Kier molecular flexibility index (Phi) is 25.8. The van der Waals surface area contributed by atoms with Crippen LogP contribution in [0.5, 0.6) is 0 Å². The van der Waals surface area contributed by atoms with Gasteiger partial charge < -0.3 is 10.2 Å². The molecule has 0 aromatic heterocycles. The van der Waals surface area contributed by atoms with E-state index < -0.39 is 6.16 Å². The molecule has 0 unspecified atom stereocenters. The first-order chi connectivity index (χ1) is 11.6. The SMILES string of the molecule is CCCCCCCCCCCCCCCCCNNN.O=C(O)O. The average Bonchev–Trinajstić information content (AvgIpc) is 2.54. The van der Waals surface area contributed by atoms with Gasteiger partial charge in [-0.05, 0) is 6.42 Å². The Morgan fingerprint density at radius 1 is 0.708 bits per heavy atom. The number of rotatable bonds is 17. The maximum atomic E-state index is 8.56. The van der Waals surface area contributed by atoms with Crippen LogP contribution in [0.1, 0.15) is 103 Å². The second-order valence-corrected chi connectivity index (χ2v) is 6.30. The van der Waals surface area contributed by atoms with Gasteiger partial charge in [-0.3, -0.25) is 5.84 Å². The van der Waals surface area contributed by atoms with Crippen LogP contribution < -0.4 is 16.8 Å². The molecule has 0 heterocycles. The van der Waals surface area contributed by atoms with Gasteiger partial charge in [-0.25, -0.2) is 10.2 Å². The molecule has 0 saturated carbocycles. The van der Waals surface area contributed by atoms with Crippen molar-refractivity contribution in [3.05, 3.63) is 0 Å². The van der Waals surface area contributed by atoms with E-state index in [9.17, 15) is 0 Å². The molecular weight excluding hydrogens is 306 g/mol. The van der Waals surface area contributed by atoms with E-state index in [0.717, 1.165) is 6.54 Å². The Balaban J connectivity index is 0. The van der Waals surface area contributed by atoms with Crippen molar-refractivity contribution in [2.45, 2.75) is 103 Å². The number of carboxylic acid groups (broad SMARTS) is 2. The van der Waals surface area contributed by atoms with Gasteiger partial charge in [0.1, 0.15) is 0 Å². The van der Waals surface area contributed by atoms with Crippen LogP contribution in [0, 0.1) is 0 Å². The second kappa shape index (κ2) is 24.4. The summed E-state index contributed by atoms with van der Waals surface area (Å²) < 4.78 is 0. The molecule has 146 valence electrons. The third kappa shape index (κ3) is 32.9. The van der Waals surface area contributed by atoms with Crippen molar-refractivity contribution in [1.82, 2.24) is 11.0 Å². The third-order valence-corrected chi connectivity index (χ3v) is 4.01. The number of hydrazine groups is 2. The summed E-state index contributed by atoms with van der Waals surface area (Å²) in [4.78, 5) is 8.56. The summed E-state index contributed by atoms with van der Waals surface area (Å²) in [5.41, 5.74) is 5.39. The zero-order valence-electron chi connectivity index (χ0n) is 15.7. The van der Waals surface area contributed by atoms with Gasteiger partial charge in [0.2, 0.25) is 0 Å². The minimum atomic E-state index is -1.83. The van der Waals surface area contributed by atoms with Crippen LogP contribution in [0.25, 0.3) is 0 Å². The molecule has 0 aliphatic carbocycles. The van der Waals surface area contributed by atoms with Gasteiger partial charge in [0.05, 0.1) is 0 Å². The van der Waals surface area contributed by atoms with Gasteiger partial charge in [0, 0.05) is 6.54 Å². The maximum absolute atomic E-state index is 8.56. The van der Waals surface area contributed by atoms with Gasteiger partial charge in [-0.1, -0.05) is 96.8 Å². The number of hydrogen-bond acceptors (Lipinski definition) is 4. The van der Waals surface area contributed by atoms with Crippen molar-refractivity contribution < 1.29 is 15.0 Å². The molecule has 0 fully saturated rings. The first-order valence-corrected chi connectivity index (χ1v) is 9.75. The molecular formula is C18H41N3O3. The molecule has 0 aromatic carbocycles. The Morgan fingerprint density at radius 2 is 1.00 bits per heavy atom. The summed E-state index contributed by atoms with van der Waals surface area (Å²) in [7, 11) is 0. The van der Waals surface area contributed by atoms with Crippen LogP contribution in [-0.4, -0.2) is 22.9 Å². The standard InChI is InChI=1S/C17H39N3.CH2O3/c1-2-3-4-5-6-7-8-9-10-11-12-13-14-15-16-17-19-20-18;2-1(3)4/h19-20H,2-18H2,1H3;(H2,2,3,4). The molecule has 0 spiro atoms. The van der Waals surface area contributed by atoms with Crippen LogP contribution in [0.15, 0.2) is 0 Å². The molecule has 0 radical (unpaired) electrons. The highest BCUT2D eigenvalue weighted by atomic mass is 16.6. The van der Waals surface area contributed by atoms with E-state index in [0.29, 0.717) is 0 Å². The molecule has 0 aromatic rings. The van der Waals surface area contributed by atoms with Gasteiger partial charge in [0.25, 0.3) is 0 Å². The monoisotopic (exact) mass is 347 g/mol. The Morgan fingerprint density at radius 3 is 1.29 bits per heavy atom. The van der Waals surface area contributed by atoms with E-state index in [1.54, 1.807) is 0 Å². The van der Waals surface area contributed by atoms with Crippen LogP contribution in [-0.2, 0) is 0 Å². The van der Waals surface area contributed by atoms with Gasteiger partial charge >= 0.3 is 6.16 Å². The molecule has 6 nitrogen and oxygen atoms in total. The molecule has 0 saturated heterocycles. The zero-order valence-corrected chi connectivity index (χ0v) is 15.7. The highest BCUT2D eigenvalue weighted by Gasteiger charge is 1.94. The van der Waals surface area contributed by atoms with Crippen molar-refractivity contribution in [3.8, 4) is 0 Å². The number of hydrogen-bond donors (Lipinski definition) is 5. The summed E-state index contributed by atoms with van der Waals surface area (Å²) in [5, 5.41) is 13.9. The molecule has 0 aliphatic rings. The van der Waals surface area contributed by atoms with Crippen molar-refractivity contribution >= 4 is 6.16 Å². The van der Waals surface area contributed by atoms with Crippen molar-refractivity contribution in [2.24, 2.45) is 5.84 Å². The Bertz CT molecular complexity index is 220. The van der Waals surface area contributed by atoms with E-state index in [1.165, 1.54) is 96.3 Å². The number of nitrogens with one attached hydrogen (secondary N) is 2. The summed E-state index contributed by atoms with van der Waals surface area (Å²) in [5.74, 6) is 5.13. The highest BCUT2D eigenvalue weighted by molar-refractivity contribution is 5.53. The second-order valence-electron chi connectivity index (χ2n) is 6.30. The normalized spacial score (nSPS) is 10.2. The lowest BCUT2D eigenvalue weighted by Gasteiger charge is -2.04. The molecule has 0 bridgehead atoms. The lowest BCUT2D eigenvalue weighted by Crippen LogP contribution is -2.38. The summed E-state index contributed by atoms with van der Waals surface area (Å²) in [6, 6.07) is 0. The number of carbonyl (C=O) groups is 1. The fraction of sp³-hybridized carbons (Fsp3) is 0.944. The van der Waals surface area contributed by atoms with Crippen molar-refractivity contribution in [2.75, 3.05) is 6.54 Å². The van der Waals surface area contributed by atoms with E-state index in [1.807, 2.05) is 0 Å². The van der Waals surface area contributed by atoms with E-state index in [-0.39, 0.29) is 0 Å². The smallest absolute Gasteiger partial charge is 0.450 e. The molecule has 6 heteroatoms. The average molecular weight is 348 g/mol. The molecule has 0 rings (SSSR count). The summed E-state index contributed by atoms with van der Waals surface area (Å²) in [6.45, 7) is 3.27. The zero-order chi connectivity index (χ0) is 18.3. The Hall–Kier alpha value is -0.850. The van der Waals surface area contributed by atoms with E-state index in [2.05, 4.69) is 17.9 Å². The van der Waals surface area contributed by atoms with Gasteiger partial charge in [0.15, 0.2) is 0 Å². The molecule has 0 aliphatic heterocycles. The lowest BCUT2D eigenvalue weighted by molar-refractivity contribution is 0.137. The first-order valence-electron chi connectivity index (χ1n) is 9.75. The van der Waals surface area contributed by atoms with Crippen LogP contribution in [0.4, 0.5) is 4.79 Å². The van der Waals surface area contributed by atoms with E-state index >= 15 is 0 Å². The van der Waals surface area contributed by atoms with Crippen LogP contribution in [0.2, 0.25) is 0 Å². The predicted molar refractivity (Wildman–Crippen MR) is 101 cm³/mol. The van der Waals surface area contributed by atoms with Crippen molar-refractivity contribution in [3.63, 3.8) is 0 Å². The third-order valence-electron chi connectivity index (χ3n) is 4.01. The molecule has 24 heavy (non-hydrogen) atoms. The maximum Gasteiger partial charge on any atom is 0.503 e. The van der Waals surface area contributed by atoms with E-state index in [4.69, 9.17) is 20.9 Å². The topological polar surface area (TPSA) is 108 Å². The van der Waals surface area contributed by atoms with Crippen LogP contribution in [0.3, 0.4) is 0 Å². The molecule has 6 N–H and O–H groups in total. The minimum Gasteiger partial charge on any atom is -0.450 e. The highest BCUT2D eigenvalue weighted by Crippen LogP contribution is 2.13. The fourth-order valence-electron chi connectivity index (χ4n) is 2.66. The fourth-order valence-corrected chi connectivity index (χ4v) is 2.66. The van der Waals surface area contributed by atoms with Gasteiger partial charge in [-0.2, -0.15) is 5.53 Å². The van der Waals surface area contributed by atoms with Crippen LogP contribution >= 0.6 is 0 Å². The molecule has 0 amide bonds. The van der Waals surface area contributed by atoms with Gasteiger partial charge in [-0.15, -0.1) is 0 Å². The summed E-state index contributed by atoms with van der Waals surface area (Å²) >= 11 is 0. The number of nitrogens with two attached hydrogens (primary N) is 1. The summed E-state index contributed by atoms with van der Waals surface area (Å²) in [6.07, 6.45) is 19.4. The minimum absolute atomic E-state index is 0.981. The largest absolute Gasteiger partial charge is 0.503 e.